The minimum absolute atomic E-state index is 0.203. The maximum absolute atomic E-state index is 8.02. The number of nitrogens with zero attached hydrogens (tertiary/aromatic N) is 10. The summed E-state index contributed by atoms with van der Waals surface area (Å²) < 4.78 is 0. The van der Waals surface area contributed by atoms with Gasteiger partial charge in [0.2, 0.25) is 0 Å². The van der Waals surface area contributed by atoms with Gasteiger partial charge in [0.15, 0.2) is 11.6 Å². The zero-order valence-electron chi connectivity index (χ0n) is 5.47. The van der Waals surface area contributed by atoms with Gasteiger partial charge in [-0.15, -0.1) is 10.2 Å². The van der Waals surface area contributed by atoms with Crippen molar-refractivity contribution in [3.05, 3.63) is 20.9 Å². The fourth-order valence-electron chi connectivity index (χ4n) is 0.428. The predicted octanol–water partition coefficient (Wildman–Crippen LogP) is 1.15. The van der Waals surface area contributed by atoms with E-state index in [1.165, 1.54) is 0 Å². The van der Waals surface area contributed by atoms with Crippen LogP contribution in [0.5, 0.6) is 0 Å². The van der Waals surface area contributed by atoms with Crippen molar-refractivity contribution >= 4 is 11.6 Å². The van der Waals surface area contributed by atoms with Gasteiger partial charge in [-0.2, -0.15) is 0 Å². The summed E-state index contributed by atoms with van der Waals surface area (Å²) in [5.74, 6) is -0.407. The normalized spacial score (nSPS) is 8.00. The van der Waals surface area contributed by atoms with Gasteiger partial charge >= 0.3 is 0 Å². The zero-order chi connectivity index (χ0) is 8.81. The molecule has 1 heterocycles. The van der Waals surface area contributed by atoms with E-state index in [1.54, 1.807) is 0 Å². The van der Waals surface area contributed by atoms with Crippen molar-refractivity contribution in [2.75, 3.05) is 0 Å². The first-order valence-corrected chi connectivity index (χ1v) is 2.54. The molecule has 58 valence electrons. The number of hydrogen-bond donors (Lipinski definition) is 0. The van der Waals surface area contributed by atoms with Gasteiger partial charge < -0.3 is 0 Å². The Kier molecular flexibility index (Phi) is 2.34. The molecule has 0 amide bonds. The SMILES string of the molecule is [N-]=[N+]=Nc1nnnnc1N=[N+]=[N-]. The molecular weight excluding hydrogens is 164 g/mol. The highest BCUT2D eigenvalue weighted by Crippen LogP contribution is 2.19. The fraction of sp³-hybridized carbons (Fsp3) is 0. The Morgan fingerprint density at radius 3 is 1.67 bits per heavy atom. The van der Waals surface area contributed by atoms with Crippen LogP contribution in [0.3, 0.4) is 0 Å². The Bertz CT molecular complexity index is 330. The molecule has 0 aromatic carbocycles. The van der Waals surface area contributed by atoms with Gasteiger partial charge in [-0.05, 0) is 31.7 Å². The fourth-order valence-corrected chi connectivity index (χ4v) is 0.428. The molecule has 0 radical (unpaired) electrons. The molecule has 1 aromatic rings. The third kappa shape index (κ3) is 1.53. The monoisotopic (exact) mass is 164 g/mol. The van der Waals surface area contributed by atoms with Crippen LogP contribution in [-0.4, -0.2) is 20.6 Å². The Hall–Kier alpha value is -2.44. The van der Waals surface area contributed by atoms with Crippen molar-refractivity contribution in [1.82, 2.24) is 20.6 Å². The smallest absolute Gasteiger partial charge is 0.125 e. The molecule has 12 heavy (non-hydrogen) atoms. The number of rotatable bonds is 2. The number of aromatic nitrogens is 4. The second-order valence-corrected chi connectivity index (χ2v) is 1.40. The molecule has 1 rings (SSSR count). The maximum Gasteiger partial charge on any atom is 0.181 e. The van der Waals surface area contributed by atoms with E-state index in [4.69, 9.17) is 11.1 Å². The van der Waals surface area contributed by atoms with Crippen LogP contribution < -0.4 is 0 Å². The van der Waals surface area contributed by atoms with Gasteiger partial charge in [-0.3, -0.25) is 0 Å². The van der Waals surface area contributed by atoms with Crippen molar-refractivity contribution in [3.8, 4) is 0 Å². The molecule has 0 atom stereocenters. The van der Waals surface area contributed by atoms with Gasteiger partial charge in [0.25, 0.3) is 0 Å². The van der Waals surface area contributed by atoms with Crippen LogP contribution >= 0.6 is 0 Å². The first-order valence-electron chi connectivity index (χ1n) is 2.54. The zero-order valence-corrected chi connectivity index (χ0v) is 5.47. The van der Waals surface area contributed by atoms with E-state index in [0.717, 1.165) is 0 Å². The van der Waals surface area contributed by atoms with E-state index in [0.29, 0.717) is 0 Å². The van der Waals surface area contributed by atoms with Crippen molar-refractivity contribution < 1.29 is 0 Å². The molecule has 0 aliphatic heterocycles. The molecule has 0 saturated heterocycles. The van der Waals surface area contributed by atoms with E-state index in [9.17, 15) is 0 Å². The number of azide groups is 2. The molecule has 0 fully saturated rings. The Labute approximate surface area is 64.5 Å². The van der Waals surface area contributed by atoms with E-state index >= 15 is 0 Å². The van der Waals surface area contributed by atoms with Crippen LogP contribution in [0.15, 0.2) is 10.2 Å². The van der Waals surface area contributed by atoms with Crippen molar-refractivity contribution in [2.24, 2.45) is 10.2 Å². The van der Waals surface area contributed by atoms with Crippen molar-refractivity contribution in [2.45, 2.75) is 0 Å². The Morgan fingerprint density at radius 1 is 0.917 bits per heavy atom. The van der Waals surface area contributed by atoms with E-state index in [-0.39, 0.29) is 11.6 Å². The van der Waals surface area contributed by atoms with Gasteiger partial charge in [0.05, 0.1) is 0 Å². The lowest BCUT2D eigenvalue weighted by Gasteiger charge is -1.88. The van der Waals surface area contributed by atoms with E-state index < -0.39 is 0 Å². The van der Waals surface area contributed by atoms with E-state index in [1.807, 2.05) is 0 Å². The van der Waals surface area contributed by atoms with Crippen LogP contribution in [0.2, 0.25) is 0 Å². The highest BCUT2D eigenvalue weighted by molar-refractivity contribution is 5.47. The molecule has 10 heteroatoms. The van der Waals surface area contributed by atoms with Gasteiger partial charge in [0.1, 0.15) is 0 Å². The average molecular weight is 164 g/mol. The predicted molar refractivity (Wildman–Crippen MR) is 35.2 cm³/mol. The molecule has 0 unspecified atom stereocenters. The van der Waals surface area contributed by atoms with E-state index in [2.05, 4.69) is 40.7 Å². The molecule has 1 aromatic heterocycles. The molecule has 0 aliphatic carbocycles. The Morgan fingerprint density at radius 2 is 1.33 bits per heavy atom. The highest BCUT2D eigenvalue weighted by Gasteiger charge is 2.00. The van der Waals surface area contributed by atoms with Gasteiger partial charge in [-0.25, -0.2) is 0 Å². The lowest BCUT2D eigenvalue weighted by Crippen LogP contribution is -1.89. The van der Waals surface area contributed by atoms with Crippen molar-refractivity contribution in [3.63, 3.8) is 0 Å². The summed E-state index contributed by atoms with van der Waals surface area (Å²) in [6.45, 7) is 0. The molecule has 0 saturated carbocycles. The highest BCUT2D eigenvalue weighted by atomic mass is 15.5. The summed E-state index contributed by atoms with van der Waals surface area (Å²) in [5, 5.41) is 18.9. The molecule has 10 nitrogen and oxygen atoms in total. The first-order chi connectivity index (χ1) is 5.88. The largest absolute Gasteiger partial charge is 0.181 e. The second kappa shape index (κ2) is 3.66. The lowest BCUT2D eigenvalue weighted by atomic mass is 10.7. The summed E-state index contributed by atoms with van der Waals surface area (Å²) in [7, 11) is 0. The molecule has 0 aliphatic rings. The summed E-state index contributed by atoms with van der Waals surface area (Å²) in [6, 6.07) is 0. The molecule has 0 bridgehead atoms. The van der Waals surface area contributed by atoms with Gasteiger partial charge in [-0.1, -0.05) is 0 Å². The summed E-state index contributed by atoms with van der Waals surface area (Å²) in [6.07, 6.45) is 0. The summed E-state index contributed by atoms with van der Waals surface area (Å²) >= 11 is 0. The molecular formula is C2N10. The minimum Gasteiger partial charge on any atom is -0.125 e. The third-order valence-corrected chi connectivity index (χ3v) is 0.798. The number of hydrogen-bond acceptors (Lipinski definition) is 6. The standard InChI is InChI=1S/C2N10/c3-9-5-1-2(6-10-4)8-12-11-7-1. The van der Waals surface area contributed by atoms with Crippen LogP contribution in [0, 0.1) is 0 Å². The van der Waals surface area contributed by atoms with Crippen LogP contribution in [0.4, 0.5) is 11.6 Å². The topological polar surface area (TPSA) is 149 Å². The first kappa shape index (κ1) is 7.66. The molecule has 0 spiro atoms. The average Bonchev–Trinajstić information content (AvgIpc) is 2.09. The minimum atomic E-state index is -0.203. The second-order valence-electron chi connectivity index (χ2n) is 1.40. The third-order valence-electron chi connectivity index (χ3n) is 0.798. The van der Waals surface area contributed by atoms with Crippen molar-refractivity contribution in [1.29, 1.82) is 0 Å². The van der Waals surface area contributed by atoms with Gasteiger partial charge in [0, 0.05) is 9.82 Å². The summed E-state index contributed by atoms with van der Waals surface area (Å²) in [4.78, 5) is 4.84. The van der Waals surface area contributed by atoms with Crippen LogP contribution in [0.25, 0.3) is 20.9 Å². The van der Waals surface area contributed by atoms with Crippen LogP contribution in [-0.2, 0) is 0 Å². The molecule has 0 N–H and O–H groups in total. The quantitative estimate of drug-likeness (QED) is 0.365. The summed E-state index contributed by atoms with van der Waals surface area (Å²) in [5.41, 5.74) is 16.0. The van der Waals surface area contributed by atoms with Crippen LogP contribution in [0.1, 0.15) is 0 Å². The Balaban J connectivity index is 3.25. The lowest BCUT2D eigenvalue weighted by molar-refractivity contribution is 0.763. The maximum atomic E-state index is 8.02.